The largest absolute Gasteiger partial charge is 0.513 e. The van der Waals surface area contributed by atoms with Gasteiger partial charge in [-0.15, -0.1) is 0 Å². The van der Waals surface area contributed by atoms with Crippen LogP contribution in [-0.4, -0.2) is 26.5 Å². The van der Waals surface area contributed by atoms with E-state index in [2.05, 4.69) is 9.47 Å². The number of methoxy groups -OCH3 is 2. The predicted octanol–water partition coefficient (Wildman–Crippen LogP) is 4.85. The van der Waals surface area contributed by atoms with Gasteiger partial charge >= 0.3 is 12.3 Å². The normalized spacial score (nSPS) is 10.6. The van der Waals surface area contributed by atoms with E-state index < -0.39 is 12.3 Å². The molecule has 0 atom stereocenters. The summed E-state index contributed by atoms with van der Waals surface area (Å²) >= 11 is 0. The lowest BCUT2D eigenvalue weighted by atomic mass is 9.96. The van der Waals surface area contributed by atoms with Gasteiger partial charge in [-0.25, -0.2) is 9.59 Å². The molecule has 0 saturated heterocycles. The van der Waals surface area contributed by atoms with Gasteiger partial charge in [0.1, 0.15) is 5.75 Å². The second-order valence-corrected chi connectivity index (χ2v) is 5.51. The van der Waals surface area contributed by atoms with Crippen molar-refractivity contribution in [2.24, 2.45) is 0 Å². The van der Waals surface area contributed by atoms with E-state index in [1.807, 2.05) is 37.3 Å². The smallest absolute Gasteiger partial charge is 0.437 e. The fourth-order valence-corrected chi connectivity index (χ4v) is 2.98. The summed E-state index contributed by atoms with van der Waals surface area (Å²) in [4.78, 5) is 23.6. The van der Waals surface area contributed by atoms with Crippen molar-refractivity contribution in [3.05, 3.63) is 48.0 Å². The van der Waals surface area contributed by atoms with Crippen molar-refractivity contribution in [3.63, 3.8) is 0 Å². The van der Waals surface area contributed by atoms with Gasteiger partial charge in [0.25, 0.3) is 0 Å². The topological polar surface area (TPSA) is 71.1 Å². The van der Waals surface area contributed by atoms with Gasteiger partial charge in [0, 0.05) is 21.5 Å². The zero-order chi connectivity index (χ0) is 18.7. The third kappa shape index (κ3) is 3.01. The molecule has 3 aromatic carbocycles. The number of carbonyl (C=O) groups is 2. The van der Waals surface area contributed by atoms with Crippen LogP contribution in [0, 0.1) is 0 Å². The second-order valence-electron chi connectivity index (χ2n) is 5.51. The number of ether oxygens (including phenoxy) is 4. The summed E-state index contributed by atoms with van der Waals surface area (Å²) in [6.45, 7) is 1.99. The highest BCUT2D eigenvalue weighted by atomic mass is 16.7. The fraction of sp³-hybridized carbons (Fsp3) is 0.200. The summed E-state index contributed by atoms with van der Waals surface area (Å²) in [7, 11) is 2.50. The molecule has 26 heavy (non-hydrogen) atoms. The van der Waals surface area contributed by atoms with Crippen LogP contribution in [0.2, 0.25) is 0 Å². The van der Waals surface area contributed by atoms with Gasteiger partial charge in [0.05, 0.1) is 14.2 Å². The number of fused-ring (bicyclic) bond motifs is 2. The average Bonchev–Trinajstić information content (AvgIpc) is 2.69. The summed E-state index contributed by atoms with van der Waals surface area (Å²) in [5, 5.41) is 2.59. The molecule has 0 saturated carbocycles. The van der Waals surface area contributed by atoms with Crippen LogP contribution in [0.1, 0.15) is 12.5 Å². The van der Waals surface area contributed by atoms with Gasteiger partial charge in [0.15, 0.2) is 5.75 Å². The third-order valence-electron chi connectivity index (χ3n) is 4.12. The number of hydrogen-bond donors (Lipinski definition) is 0. The number of benzene rings is 3. The Kier molecular flexibility index (Phi) is 4.93. The zero-order valence-corrected chi connectivity index (χ0v) is 14.7. The summed E-state index contributed by atoms with van der Waals surface area (Å²) in [6, 6.07) is 12.8. The van der Waals surface area contributed by atoms with E-state index in [1.54, 1.807) is 12.1 Å². The molecule has 134 valence electrons. The van der Waals surface area contributed by atoms with Gasteiger partial charge < -0.3 is 18.9 Å². The highest BCUT2D eigenvalue weighted by Crippen LogP contribution is 2.44. The molecule has 0 spiro atoms. The van der Waals surface area contributed by atoms with Crippen molar-refractivity contribution in [2.45, 2.75) is 13.3 Å². The molecular formula is C20H18O6. The summed E-state index contributed by atoms with van der Waals surface area (Å²) in [5.74, 6) is 0.729. The predicted molar refractivity (Wildman–Crippen MR) is 96.9 cm³/mol. The van der Waals surface area contributed by atoms with Crippen molar-refractivity contribution in [1.82, 2.24) is 0 Å². The first-order valence-corrected chi connectivity index (χ1v) is 8.08. The minimum absolute atomic E-state index is 0.356. The molecule has 0 aromatic heterocycles. The number of carbonyl (C=O) groups excluding carboxylic acids is 2. The molecule has 0 fully saturated rings. The van der Waals surface area contributed by atoms with E-state index in [9.17, 15) is 9.59 Å². The van der Waals surface area contributed by atoms with E-state index in [4.69, 9.17) is 9.47 Å². The van der Waals surface area contributed by atoms with Crippen LogP contribution in [0.15, 0.2) is 42.5 Å². The SMILES string of the molecule is CCc1cccc2c(OC(=O)OC)c3ccccc3c(OC(=O)OC)c12. The first kappa shape index (κ1) is 17.5. The van der Waals surface area contributed by atoms with Gasteiger partial charge in [-0.1, -0.05) is 49.4 Å². The molecule has 6 nitrogen and oxygen atoms in total. The van der Waals surface area contributed by atoms with Crippen molar-refractivity contribution in [1.29, 1.82) is 0 Å². The van der Waals surface area contributed by atoms with Crippen molar-refractivity contribution in [3.8, 4) is 11.5 Å². The highest BCUT2D eigenvalue weighted by Gasteiger charge is 2.22. The van der Waals surface area contributed by atoms with Crippen LogP contribution < -0.4 is 9.47 Å². The van der Waals surface area contributed by atoms with E-state index in [0.29, 0.717) is 39.5 Å². The lowest BCUT2D eigenvalue weighted by molar-refractivity contribution is 0.120. The van der Waals surface area contributed by atoms with Gasteiger partial charge in [-0.3, -0.25) is 0 Å². The lowest BCUT2D eigenvalue weighted by Gasteiger charge is -2.17. The molecule has 0 amide bonds. The Hall–Kier alpha value is -3.28. The Morgan fingerprint density at radius 2 is 1.31 bits per heavy atom. The van der Waals surface area contributed by atoms with Crippen LogP contribution in [-0.2, 0) is 15.9 Å². The van der Waals surface area contributed by atoms with Crippen LogP contribution in [0.25, 0.3) is 21.5 Å². The van der Waals surface area contributed by atoms with E-state index in [0.717, 1.165) is 5.56 Å². The average molecular weight is 354 g/mol. The Bertz CT molecular complexity index is 992. The first-order chi connectivity index (χ1) is 12.6. The van der Waals surface area contributed by atoms with Crippen molar-refractivity contribution >= 4 is 33.9 Å². The number of rotatable bonds is 3. The molecule has 0 unspecified atom stereocenters. The molecule has 3 aromatic rings. The lowest BCUT2D eigenvalue weighted by Crippen LogP contribution is -2.11. The summed E-state index contributed by atoms with van der Waals surface area (Å²) < 4.78 is 20.3. The van der Waals surface area contributed by atoms with Gasteiger partial charge in [0.2, 0.25) is 0 Å². The maximum Gasteiger partial charge on any atom is 0.513 e. The molecule has 0 bridgehead atoms. The minimum atomic E-state index is -0.819. The van der Waals surface area contributed by atoms with Gasteiger partial charge in [-0.2, -0.15) is 0 Å². The van der Waals surface area contributed by atoms with E-state index in [1.165, 1.54) is 14.2 Å². The molecule has 0 aliphatic heterocycles. The van der Waals surface area contributed by atoms with Crippen LogP contribution in [0.4, 0.5) is 9.59 Å². The molecule has 0 radical (unpaired) electrons. The Morgan fingerprint density at radius 3 is 1.88 bits per heavy atom. The van der Waals surface area contributed by atoms with Gasteiger partial charge in [-0.05, 0) is 12.0 Å². The summed E-state index contributed by atoms with van der Waals surface area (Å²) in [6.07, 6.45) is -0.936. The molecule has 0 aliphatic carbocycles. The maximum atomic E-state index is 11.8. The molecular weight excluding hydrogens is 336 g/mol. The Morgan fingerprint density at radius 1 is 0.769 bits per heavy atom. The number of aryl methyl sites for hydroxylation is 1. The molecule has 0 aliphatic rings. The van der Waals surface area contributed by atoms with Crippen molar-refractivity contribution in [2.75, 3.05) is 14.2 Å². The highest BCUT2D eigenvalue weighted by molar-refractivity contribution is 6.13. The van der Waals surface area contributed by atoms with E-state index >= 15 is 0 Å². The quantitative estimate of drug-likeness (QED) is 0.380. The molecule has 0 N–H and O–H groups in total. The van der Waals surface area contributed by atoms with Crippen LogP contribution in [0.5, 0.6) is 11.5 Å². The first-order valence-electron chi connectivity index (χ1n) is 8.08. The molecule has 0 heterocycles. The zero-order valence-electron chi connectivity index (χ0n) is 14.7. The minimum Gasteiger partial charge on any atom is -0.437 e. The van der Waals surface area contributed by atoms with Crippen LogP contribution >= 0.6 is 0 Å². The monoisotopic (exact) mass is 354 g/mol. The second kappa shape index (κ2) is 7.31. The third-order valence-corrected chi connectivity index (χ3v) is 4.12. The van der Waals surface area contributed by atoms with Crippen molar-refractivity contribution < 1.29 is 28.5 Å². The van der Waals surface area contributed by atoms with E-state index in [-0.39, 0.29) is 0 Å². The summed E-state index contributed by atoms with van der Waals surface area (Å²) in [5.41, 5.74) is 0.946. The van der Waals surface area contributed by atoms with Crippen LogP contribution in [0.3, 0.4) is 0 Å². The maximum absolute atomic E-state index is 11.8. The molecule has 3 rings (SSSR count). The fourth-order valence-electron chi connectivity index (χ4n) is 2.98. The molecule has 6 heteroatoms. The Balaban J connectivity index is 2.45. The number of hydrogen-bond acceptors (Lipinski definition) is 6. The Labute approximate surface area is 150 Å². The standard InChI is InChI=1S/C20H18O6/c1-4-12-8-7-11-15-16(12)18(26-20(22)24-3)14-10-6-5-9-13(14)17(15)25-19(21)23-2/h5-11H,4H2,1-3H3.